The van der Waals surface area contributed by atoms with Crippen molar-refractivity contribution in [3.63, 3.8) is 0 Å². The standard InChI is InChI=1S/C16H25NO3/c1-6-12(2)17(10-11-19-4)14-8-7-9-15(20-5)16(14)13(3)18/h7-9,12H,6,10-11H2,1-5H3. The van der Waals surface area contributed by atoms with Gasteiger partial charge in [-0.05, 0) is 32.4 Å². The summed E-state index contributed by atoms with van der Waals surface area (Å²) in [5, 5.41) is 0. The van der Waals surface area contributed by atoms with Gasteiger partial charge in [-0.15, -0.1) is 0 Å². The first-order valence-corrected chi connectivity index (χ1v) is 7.00. The van der Waals surface area contributed by atoms with E-state index < -0.39 is 0 Å². The van der Waals surface area contributed by atoms with E-state index in [1.165, 1.54) is 0 Å². The first-order chi connectivity index (χ1) is 9.56. The summed E-state index contributed by atoms with van der Waals surface area (Å²) in [5.41, 5.74) is 1.56. The van der Waals surface area contributed by atoms with Crippen molar-refractivity contribution in [3.05, 3.63) is 23.8 Å². The van der Waals surface area contributed by atoms with Crippen LogP contribution >= 0.6 is 0 Å². The number of ether oxygens (including phenoxy) is 2. The van der Waals surface area contributed by atoms with E-state index >= 15 is 0 Å². The van der Waals surface area contributed by atoms with Crippen LogP contribution in [-0.4, -0.2) is 39.2 Å². The number of methoxy groups -OCH3 is 2. The highest BCUT2D eigenvalue weighted by atomic mass is 16.5. The molecule has 20 heavy (non-hydrogen) atoms. The van der Waals surface area contributed by atoms with Gasteiger partial charge in [-0.3, -0.25) is 4.79 Å². The van der Waals surface area contributed by atoms with Gasteiger partial charge in [0.25, 0.3) is 0 Å². The molecule has 0 N–H and O–H groups in total. The maximum atomic E-state index is 12.0. The lowest BCUT2D eigenvalue weighted by molar-refractivity contribution is 0.101. The monoisotopic (exact) mass is 279 g/mol. The smallest absolute Gasteiger partial charge is 0.165 e. The molecule has 0 amide bonds. The van der Waals surface area contributed by atoms with Crippen molar-refractivity contribution in [2.75, 3.05) is 32.3 Å². The molecular weight excluding hydrogens is 254 g/mol. The molecule has 1 aromatic carbocycles. The van der Waals surface area contributed by atoms with Crippen molar-refractivity contribution in [1.29, 1.82) is 0 Å². The molecule has 0 aliphatic carbocycles. The average molecular weight is 279 g/mol. The third-order valence-electron chi connectivity index (χ3n) is 3.54. The Morgan fingerprint density at radius 1 is 1.35 bits per heavy atom. The minimum absolute atomic E-state index is 0.0168. The fraction of sp³-hybridized carbons (Fsp3) is 0.562. The number of carbonyl (C=O) groups is 1. The van der Waals surface area contributed by atoms with Crippen molar-refractivity contribution in [2.45, 2.75) is 33.2 Å². The van der Waals surface area contributed by atoms with Crippen LogP contribution in [0.2, 0.25) is 0 Å². The molecule has 0 aromatic heterocycles. The zero-order valence-electron chi connectivity index (χ0n) is 13.1. The van der Waals surface area contributed by atoms with Gasteiger partial charge in [-0.25, -0.2) is 0 Å². The minimum atomic E-state index is 0.0168. The highest BCUT2D eigenvalue weighted by molar-refractivity contribution is 6.02. The molecule has 0 heterocycles. The molecule has 112 valence electrons. The van der Waals surface area contributed by atoms with Crippen LogP contribution in [-0.2, 0) is 4.74 Å². The summed E-state index contributed by atoms with van der Waals surface area (Å²) < 4.78 is 10.5. The molecule has 4 nitrogen and oxygen atoms in total. The summed E-state index contributed by atoms with van der Waals surface area (Å²) in [6.45, 7) is 7.24. The number of nitrogens with zero attached hydrogens (tertiary/aromatic N) is 1. The molecule has 1 aromatic rings. The van der Waals surface area contributed by atoms with Crippen molar-refractivity contribution in [3.8, 4) is 5.75 Å². The third kappa shape index (κ3) is 3.73. The van der Waals surface area contributed by atoms with Gasteiger partial charge in [0.05, 0.1) is 25.0 Å². The van der Waals surface area contributed by atoms with Gasteiger partial charge < -0.3 is 14.4 Å². The molecule has 4 heteroatoms. The number of benzene rings is 1. The molecule has 0 spiro atoms. The first kappa shape index (κ1) is 16.5. The van der Waals surface area contributed by atoms with E-state index in [1.807, 2.05) is 18.2 Å². The third-order valence-corrected chi connectivity index (χ3v) is 3.54. The van der Waals surface area contributed by atoms with E-state index in [2.05, 4.69) is 18.7 Å². The summed E-state index contributed by atoms with van der Waals surface area (Å²) in [6.07, 6.45) is 0.998. The van der Waals surface area contributed by atoms with E-state index in [0.29, 0.717) is 24.0 Å². The van der Waals surface area contributed by atoms with Crippen LogP contribution in [0.1, 0.15) is 37.6 Å². The van der Waals surface area contributed by atoms with Crippen LogP contribution in [0.4, 0.5) is 5.69 Å². The van der Waals surface area contributed by atoms with E-state index in [1.54, 1.807) is 21.1 Å². The first-order valence-electron chi connectivity index (χ1n) is 7.00. The highest BCUT2D eigenvalue weighted by Crippen LogP contribution is 2.31. The van der Waals surface area contributed by atoms with E-state index in [4.69, 9.17) is 9.47 Å². The van der Waals surface area contributed by atoms with Gasteiger partial charge in [-0.2, -0.15) is 0 Å². The van der Waals surface area contributed by atoms with Gasteiger partial charge in [0.2, 0.25) is 0 Å². The molecule has 1 unspecified atom stereocenters. The molecule has 1 atom stereocenters. The lowest BCUT2D eigenvalue weighted by atomic mass is 10.0. The number of ketones is 1. The largest absolute Gasteiger partial charge is 0.496 e. The van der Waals surface area contributed by atoms with Gasteiger partial charge in [0.1, 0.15) is 5.75 Å². The number of Topliss-reactive ketones (excluding diaryl/α,β-unsaturated/α-hetero) is 1. The predicted octanol–water partition coefficient (Wildman–Crippen LogP) is 3.15. The molecular formula is C16H25NO3. The Bertz CT molecular complexity index is 445. The molecule has 0 aliphatic heterocycles. The second-order valence-electron chi connectivity index (χ2n) is 4.85. The lowest BCUT2D eigenvalue weighted by Crippen LogP contribution is -2.36. The zero-order chi connectivity index (χ0) is 15.1. The van der Waals surface area contributed by atoms with Gasteiger partial charge in [0.15, 0.2) is 5.78 Å². The van der Waals surface area contributed by atoms with E-state index in [-0.39, 0.29) is 5.78 Å². The maximum Gasteiger partial charge on any atom is 0.165 e. The number of anilines is 1. The Kier molecular flexibility index (Phi) is 6.52. The van der Waals surface area contributed by atoms with Crippen molar-refractivity contribution in [2.24, 2.45) is 0 Å². The fourth-order valence-corrected chi connectivity index (χ4v) is 2.27. The van der Waals surface area contributed by atoms with Crippen LogP contribution < -0.4 is 9.64 Å². The second kappa shape index (κ2) is 7.90. The van der Waals surface area contributed by atoms with Crippen LogP contribution in [0, 0.1) is 0 Å². The summed E-state index contributed by atoms with van der Waals surface area (Å²) in [4.78, 5) is 14.2. The van der Waals surface area contributed by atoms with Gasteiger partial charge >= 0.3 is 0 Å². The molecule has 0 fully saturated rings. The zero-order valence-corrected chi connectivity index (χ0v) is 13.1. The minimum Gasteiger partial charge on any atom is -0.496 e. The average Bonchev–Trinajstić information content (AvgIpc) is 2.46. The van der Waals surface area contributed by atoms with E-state index in [0.717, 1.165) is 18.7 Å². The summed E-state index contributed by atoms with van der Waals surface area (Å²) in [5.74, 6) is 0.642. The molecule has 0 bridgehead atoms. The van der Waals surface area contributed by atoms with E-state index in [9.17, 15) is 4.79 Å². The summed E-state index contributed by atoms with van der Waals surface area (Å²) >= 11 is 0. The number of carbonyl (C=O) groups excluding carboxylic acids is 1. The van der Waals surface area contributed by atoms with Crippen LogP contribution in [0.15, 0.2) is 18.2 Å². The Morgan fingerprint density at radius 2 is 2.05 bits per heavy atom. The SMILES string of the molecule is CCC(C)N(CCOC)c1cccc(OC)c1C(C)=O. The molecule has 0 radical (unpaired) electrons. The van der Waals surface area contributed by atoms with Gasteiger partial charge in [-0.1, -0.05) is 13.0 Å². The van der Waals surface area contributed by atoms with Crippen molar-refractivity contribution < 1.29 is 14.3 Å². The van der Waals surface area contributed by atoms with Crippen molar-refractivity contribution in [1.82, 2.24) is 0 Å². The maximum absolute atomic E-state index is 12.0. The Morgan fingerprint density at radius 3 is 2.55 bits per heavy atom. The normalized spacial score (nSPS) is 12.1. The highest BCUT2D eigenvalue weighted by Gasteiger charge is 2.21. The quantitative estimate of drug-likeness (QED) is 0.685. The Balaban J connectivity index is 3.27. The number of hydrogen-bond donors (Lipinski definition) is 0. The molecule has 0 aliphatic rings. The number of hydrogen-bond acceptors (Lipinski definition) is 4. The molecule has 0 saturated carbocycles. The summed E-state index contributed by atoms with van der Waals surface area (Å²) in [7, 11) is 3.28. The fourth-order valence-electron chi connectivity index (χ4n) is 2.27. The van der Waals surface area contributed by atoms with Gasteiger partial charge in [0, 0.05) is 19.7 Å². The Hall–Kier alpha value is -1.55. The summed E-state index contributed by atoms with van der Waals surface area (Å²) in [6, 6.07) is 6.05. The van der Waals surface area contributed by atoms with Crippen LogP contribution in [0.25, 0.3) is 0 Å². The molecule has 0 saturated heterocycles. The van der Waals surface area contributed by atoms with Crippen LogP contribution in [0.5, 0.6) is 5.75 Å². The van der Waals surface area contributed by atoms with Crippen LogP contribution in [0.3, 0.4) is 0 Å². The van der Waals surface area contributed by atoms with Crippen molar-refractivity contribution >= 4 is 11.5 Å². The lowest BCUT2D eigenvalue weighted by Gasteiger charge is -2.32. The number of rotatable bonds is 8. The second-order valence-corrected chi connectivity index (χ2v) is 4.85. The molecule has 1 rings (SSSR count). The predicted molar refractivity (Wildman–Crippen MR) is 82.0 cm³/mol. The topological polar surface area (TPSA) is 38.8 Å². The Labute approximate surface area is 121 Å².